The van der Waals surface area contributed by atoms with Crippen LogP contribution in [0.15, 0.2) is 29.2 Å². The number of hydrogen-bond donors (Lipinski definition) is 0. The van der Waals surface area contributed by atoms with E-state index in [0.717, 1.165) is 5.56 Å². The lowest BCUT2D eigenvalue weighted by Gasteiger charge is -2.22. The first-order valence-electron chi connectivity index (χ1n) is 4.55. The molecule has 0 aliphatic carbocycles. The van der Waals surface area contributed by atoms with Crippen LogP contribution in [0.1, 0.15) is 26.3 Å². The van der Waals surface area contributed by atoms with Crippen molar-refractivity contribution in [3.05, 3.63) is 29.8 Å². The van der Waals surface area contributed by atoms with Gasteiger partial charge >= 0.3 is 5.51 Å². The van der Waals surface area contributed by atoms with E-state index in [-0.39, 0.29) is 22.1 Å². The van der Waals surface area contributed by atoms with E-state index in [2.05, 4.69) is 0 Å². The maximum Gasteiger partial charge on any atom is 0.446 e. The minimum absolute atomic E-state index is 0.0458. The fraction of sp³-hybridized carbons (Fsp3) is 0.455. The number of thioether (sulfide) groups is 1. The van der Waals surface area contributed by atoms with Crippen molar-refractivity contribution in [1.82, 2.24) is 0 Å². The molecule has 0 nitrogen and oxygen atoms in total. The third-order valence-electron chi connectivity index (χ3n) is 1.92. The van der Waals surface area contributed by atoms with Crippen LogP contribution in [0.3, 0.4) is 0 Å². The highest BCUT2D eigenvalue weighted by molar-refractivity contribution is 8.00. The Kier molecular flexibility index (Phi) is 3.38. The summed E-state index contributed by atoms with van der Waals surface area (Å²) in [6.07, 6.45) is 0. The quantitative estimate of drug-likeness (QED) is 0.640. The van der Waals surface area contributed by atoms with Gasteiger partial charge in [0.15, 0.2) is 0 Å². The van der Waals surface area contributed by atoms with E-state index >= 15 is 0 Å². The minimum atomic E-state index is -4.22. The summed E-state index contributed by atoms with van der Waals surface area (Å²) < 4.78 is 36.8. The van der Waals surface area contributed by atoms with Gasteiger partial charge in [-0.05, 0) is 28.8 Å². The second kappa shape index (κ2) is 4.08. The van der Waals surface area contributed by atoms with Gasteiger partial charge in [-0.1, -0.05) is 39.0 Å². The van der Waals surface area contributed by atoms with Gasteiger partial charge in [0.05, 0.1) is 0 Å². The normalized spacial score (nSPS) is 12.9. The molecule has 84 valence electrons. The molecule has 1 rings (SSSR count). The van der Waals surface area contributed by atoms with Crippen LogP contribution in [0.2, 0.25) is 0 Å². The van der Waals surface area contributed by atoms with E-state index in [9.17, 15) is 13.2 Å². The molecule has 0 amide bonds. The first-order chi connectivity index (χ1) is 6.70. The standard InChI is InChI=1S/C11H13F3S/c1-10(2,3)8-6-4-5-7-9(8)15-11(12,13)14/h4-7H,1-3H3. The van der Waals surface area contributed by atoms with Crippen LogP contribution >= 0.6 is 11.8 Å². The molecule has 0 unspecified atom stereocenters. The zero-order chi connectivity index (χ0) is 11.7. The van der Waals surface area contributed by atoms with E-state index in [1.165, 1.54) is 6.07 Å². The fourth-order valence-electron chi connectivity index (χ4n) is 1.30. The molecule has 0 spiro atoms. The third kappa shape index (κ3) is 3.78. The fourth-order valence-corrected chi connectivity index (χ4v) is 2.18. The lowest BCUT2D eigenvalue weighted by atomic mass is 9.87. The van der Waals surface area contributed by atoms with Crippen molar-refractivity contribution in [3.8, 4) is 0 Å². The topological polar surface area (TPSA) is 0 Å². The first-order valence-corrected chi connectivity index (χ1v) is 5.37. The number of benzene rings is 1. The van der Waals surface area contributed by atoms with E-state index in [1.54, 1.807) is 18.2 Å². The summed E-state index contributed by atoms with van der Waals surface area (Å²) >= 11 is -0.0458. The summed E-state index contributed by atoms with van der Waals surface area (Å²) in [6, 6.07) is 6.65. The Hall–Kier alpha value is -0.640. The van der Waals surface area contributed by atoms with Crippen molar-refractivity contribution in [1.29, 1.82) is 0 Å². The van der Waals surface area contributed by atoms with Gasteiger partial charge in [0.25, 0.3) is 0 Å². The Morgan fingerprint density at radius 2 is 1.53 bits per heavy atom. The highest BCUT2D eigenvalue weighted by Gasteiger charge is 2.31. The molecule has 0 saturated carbocycles. The summed E-state index contributed by atoms with van der Waals surface area (Å²) in [5.41, 5.74) is -3.76. The predicted molar refractivity (Wildman–Crippen MR) is 57.1 cm³/mol. The van der Waals surface area contributed by atoms with E-state index < -0.39 is 5.51 Å². The molecule has 15 heavy (non-hydrogen) atoms. The van der Waals surface area contributed by atoms with Gasteiger partial charge in [-0.15, -0.1) is 0 Å². The summed E-state index contributed by atoms with van der Waals surface area (Å²) in [4.78, 5) is 0.289. The Morgan fingerprint density at radius 3 is 2.00 bits per heavy atom. The molecular weight excluding hydrogens is 221 g/mol. The van der Waals surface area contributed by atoms with E-state index in [0.29, 0.717) is 0 Å². The number of alkyl halides is 3. The van der Waals surface area contributed by atoms with Crippen molar-refractivity contribution < 1.29 is 13.2 Å². The Bertz CT molecular complexity index is 336. The molecule has 0 radical (unpaired) electrons. The number of hydrogen-bond acceptors (Lipinski definition) is 1. The number of halogens is 3. The Morgan fingerprint density at radius 1 is 1.00 bits per heavy atom. The van der Waals surface area contributed by atoms with Gasteiger partial charge in [0, 0.05) is 4.90 Å². The first kappa shape index (κ1) is 12.4. The van der Waals surface area contributed by atoms with Crippen LogP contribution < -0.4 is 0 Å². The Labute approximate surface area is 91.9 Å². The van der Waals surface area contributed by atoms with Gasteiger partial charge < -0.3 is 0 Å². The molecule has 0 bridgehead atoms. The molecule has 0 heterocycles. The molecular formula is C11H13F3S. The molecule has 4 heteroatoms. The zero-order valence-electron chi connectivity index (χ0n) is 8.85. The van der Waals surface area contributed by atoms with Gasteiger partial charge in [-0.2, -0.15) is 13.2 Å². The average molecular weight is 234 g/mol. The molecule has 0 fully saturated rings. The SMILES string of the molecule is CC(C)(C)c1ccccc1SC(F)(F)F. The van der Waals surface area contributed by atoms with Crippen molar-refractivity contribution in [2.75, 3.05) is 0 Å². The largest absolute Gasteiger partial charge is 0.446 e. The van der Waals surface area contributed by atoms with Crippen molar-refractivity contribution >= 4 is 11.8 Å². The van der Waals surface area contributed by atoms with Crippen LogP contribution in [0.25, 0.3) is 0 Å². The minimum Gasteiger partial charge on any atom is -0.160 e. The molecule has 0 aromatic heterocycles. The van der Waals surface area contributed by atoms with Crippen molar-refractivity contribution in [2.45, 2.75) is 36.6 Å². The molecule has 0 aliphatic rings. The van der Waals surface area contributed by atoms with Gasteiger partial charge in [0.2, 0.25) is 0 Å². The molecule has 0 saturated heterocycles. The third-order valence-corrected chi connectivity index (χ3v) is 2.73. The van der Waals surface area contributed by atoms with Crippen molar-refractivity contribution in [3.63, 3.8) is 0 Å². The maximum atomic E-state index is 12.3. The zero-order valence-corrected chi connectivity index (χ0v) is 9.67. The van der Waals surface area contributed by atoms with E-state index in [4.69, 9.17) is 0 Å². The average Bonchev–Trinajstić information content (AvgIpc) is 1.99. The van der Waals surface area contributed by atoms with Gasteiger partial charge in [-0.25, -0.2) is 0 Å². The van der Waals surface area contributed by atoms with Crippen LogP contribution in [-0.4, -0.2) is 5.51 Å². The maximum absolute atomic E-state index is 12.3. The van der Waals surface area contributed by atoms with Crippen LogP contribution in [0, 0.1) is 0 Å². The second-order valence-corrected chi connectivity index (χ2v) is 5.40. The van der Waals surface area contributed by atoms with Crippen LogP contribution in [-0.2, 0) is 5.41 Å². The predicted octanol–water partition coefficient (Wildman–Crippen LogP) is 4.60. The van der Waals surface area contributed by atoms with Crippen LogP contribution in [0.4, 0.5) is 13.2 Å². The molecule has 1 aromatic carbocycles. The van der Waals surface area contributed by atoms with Gasteiger partial charge in [0.1, 0.15) is 0 Å². The highest BCUT2D eigenvalue weighted by atomic mass is 32.2. The summed E-state index contributed by atoms with van der Waals surface area (Å²) in [7, 11) is 0. The lowest BCUT2D eigenvalue weighted by Crippen LogP contribution is -2.13. The molecule has 1 aromatic rings. The summed E-state index contributed by atoms with van der Waals surface area (Å²) in [5, 5.41) is 0. The highest BCUT2D eigenvalue weighted by Crippen LogP contribution is 2.41. The van der Waals surface area contributed by atoms with Crippen molar-refractivity contribution in [2.24, 2.45) is 0 Å². The smallest absolute Gasteiger partial charge is 0.160 e. The summed E-state index contributed by atoms with van der Waals surface area (Å²) in [5.74, 6) is 0. The van der Waals surface area contributed by atoms with E-state index in [1.807, 2.05) is 20.8 Å². The summed E-state index contributed by atoms with van der Waals surface area (Å²) in [6.45, 7) is 5.72. The second-order valence-electron chi connectivity index (χ2n) is 4.29. The Balaban J connectivity index is 3.08. The van der Waals surface area contributed by atoms with Crippen LogP contribution in [0.5, 0.6) is 0 Å². The molecule has 0 atom stereocenters. The molecule has 0 N–H and O–H groups in total. The lowest BCUT2D eigenvalue weighted by molar-refractivity contribution is -0.0328. The van der Waals surface area contributed by atoms with Gasteiger partial charge in [-0.3, -0.25) is 0 Å². The number of rotatable bonds is 1. The molecule has 0 aliphatic heterocycles. The monoisotopic (exact) mass is 234 g/mol.